The first kappa shape index (κ1) is 29.9. The molecule has 4 rings (SSSR count). The van der Waals surface area contributed by atoms with Crippen molar-refractivity contribution in [2.24, 2.45) is 0 Å². The number of halogens is 2. The van der Waals surface area contributed by atoms with Gasteiger partial charge in [-0.15, -0.1) is 0 Å². The number of ether oxygens (including phenoxy) is 2. The van der Waals surface area contributed by atoms with Gasteiger partial charge in [0, 0.05) is 22.8 Å². The molecule has 0 atom stereocenters. The number of nitrogens with one attached hydrogen (secondary N) is 1. The molecule has 41 heavy (non-hydrogen) atoms. The Morgan fingerprint density at radius 1 is 1.07 bits per heavy atom. The van der Waals surface area contributed by atoms with Crippen molar-refractivity contribution in [3.05, 3.63) is 96.4 Å². The minimum absolute atomic E-state index is 0.0331. The fraction of sp³-hybridized carbons (Fsp3) is 0.179. The number of carbonyl (C=O) groups is 3. The van der Waals surface area contributed by atoms with Crippen molar-refractivity contribution < 1.29 is 28.8 Å². The van der Waals surface area contributed by atoms with Gasteiger partial charge in [-0.2, -0.15) is 0 Å². The number of hydrogen-bond acceptors (Lipinski definition) is 8. The number of nitro benzene ring substituents is 1. The zero-order valence-electron chi connectivity index (χ0n) is 21.8. The number of benzene rings is 3. The van der Waals surface area contributed by atoms with Gasteiger partial charge < -0.3 is 14.8 Å². The van der Waals surface area contributed by atoms with Gasteiger partial charge in [-0.05, 0) is 72.6 Å². The number of nitrogens with zero attached hydrogens (tertiary/aromatic N) is 2. The number of anilines is 1. The Bertz CT molecular complexity index is 1560. The minimum Gasteiger partial charge on any atom is -0.490 e. The van der Waals surface area contributed by atoms with Gasteiger partial charge in [0.05, 0.1) is 28.0 Å². The monoisotopic (exact) mass is 615 g/mol. The van der Waals surface area contributed by atoms with Crippen molar-refractivity contribution in [1.29, 1.82) is 0 Å². The van der Waals surface area contributed by atoms with Crippen LogP contribution in [-0.2, 0) is 16.1 Å². The van der Waals surface area contributed by atoms with Crippen LogP contribution in [0.2, 0.25) is 10.0 Å². The third kappa shape index (κ3) is 7.37. The molecule has 1 saturated heterocycles. The van der Waals surface area contributed by atoms with Gasteiger partial charge in [-0.1, -0.05) is 41.4 Å². The van der Waals surface area contributed by atoms with Gasteiger partial charge in [0.1, 0.15) is 0 Å². The number of hydrogen-bond donors (Lipinski definition) is 1. The van der Waals surface area contributed by atoms with E-state index in [4.69, 9.17) is 32.7 Å². The van der Waals surface area contributed by atoms with Crippen LogP contribution in [0.15, 0.2) is 59.5 Å². The van der Waals surface area contributed by atoms with Crippen LogP contribution < -0.4 is 14.8 Å². The number of carbonyl (C=O) groups excluding carboxylic acids is 3. The molecular weight excluding hydrogens is 593 g/mol. The number of rotatable bonds is 10. The smallest absolute Gasteiger partial charge is 0.293 e. The van der Waals surface area contributed by atoms with Crippen LogP contribution >= 0.6 is 35.0 Å². The molecule has 0 spiro atoms. The molecule has 0 saturated carbocycles. The fourth-order valence-corrected chi connectivity index (χ4v) is 5.07. The Kier molecular flexibility index (Phi) is 9.53. The molecule has 212 valence electrons. The Balaban J connectivity index is 1.47. The third-order valence-electron chi connectivity index (χ3n) is 5.79. The molecule has 13 heteroatoms. The first-order chi connectivity index (χ1) is 19.5. The van der Waals surface area contributed by atoms with Crippen LogP contribution in [0.1, 0.15) is 23.6 Å². The predicted octanol–water partition coefficient (Wildman–Crippen LogP) is 6.86. The molecule has 1 fully saturated rings. The van der Waals surface area contributed by atoms with Crippen LogP contribution in [0.25, 0.3) is 6.08 Å². The molecule has 1 heterocycles. The highest BCUT2D eigenvalue weighted by Gasteiger charge is 2.35. The maximum Gasteiger partial charge on any atom is 0.293 e. The topological polar surface area (TPSA) is 128 Å². The summed E-state index contributed by atoms with van der Waals surface area (Å²) >= 11 is 13.3. The van der Waals surface area contributed by atoms with E-state index >= 15 is 0 Å². The largest absolute Gasteiger partial charge is 0.490 e. The Hall–Kier alpha value is -4.06. The molecule has 10 nitrogen and oxygen atoms in total. The number of thioether (sulfide) groups is 1. The molecule has 1 aliphatic heterocycles. The van der Waals surface area contributed by atoms with Crippen LogP contribution in [-0.4, -0.2) is 40.1 Å². The summed E-state index contributed by atoms with van der Waals surface area (Å²) in [5.74, 6) is -0.550. The third-order valence-corrected chi connectivity index (χ3v) is 7.39. The van der Waals surface area contributed by atoms with Gasteiger partial charge in [0.2, 0.25) is 0 Å². The highest BCUT2D eigenvalue weighted by Crippen LogP contribution is 2.39. The highest BCUT2D eigenvalue weighted by atomic mass is 35.5. The summed E-state index contributed by atoms with van der Waals surface area (Å²) < 4.78 is 11.4. The predicted molar refractivity (Wildman–Crippen MR) is 158 cm³/mol. The molecular formula is C28H23Cl2N3O7S. The molecule has 3 aromatic rings. The molecule has 0 unspecified atom stereocenters. The summed E-state index contributed by atoms with van der Waals surface area (Å²) in [5.41, 5.74) is 2.35. The fourth-order valence-electron chi connectivity index (χ4n) is 3.77. The van der Waals surface area contributed by atoms with E-state index in [-0.39, 0.29) is 46.9 Å². The standard InChI is InChI=1S/C28H23Cl2N3O7S/c1-3-39-23-11-18(10-22(30)26(23)40-15-25(34)31-19-7-4-16(2)21(29)13-19)12-24-27(35)32(28(36)41-24)14-17-5-8-20(9-6-17)33(37)38/h4-13H,3,14-15H2,1-2H3,(H,31,34)/b24-12-. The molecule has 1 aliphatic rings. The zero-order valence-corrected chi connectivity index (χ0v) is 24.1. The van der Waals surface area contributed by atoms with Crippen molar-refractivity contribution in [3.63, 3.8) is 0 Å². The van der Waals surface area contributed by atoms with E-state index in [1.807, 2.05) is 6.92 Å². The van der Waals surface area contributed by atoms with Crippen LogP contribution in [0.5, 0.6) is 11.5 Å². The van der Waals surface area contributed by atoms with Gasteiger partial charge in [-0.3, -0.25) is 29.4 Å². The molecule has 0 aromatic heterocycles. The molecule has 0 aliphatic carbocycles. The van der Waals surface area contributed by atoms with E-state index in [9.17, 15) is 24.5 Å². The average Bonchev–Trinajstić information content (AvgIpc) is 3.18. The van der Waals surface area contributed by atoms with Crippen molar-refractivity contribution in [3.8, 4) is 11.5 Å². The van der Waals surface area contributed by atoms with Gasteiger partial charge >= 0.3 is 0 Å². The normalized spacial score (nSPS) is 14.0. The second-order valence-corrected chi connectivity index (χ2v) is 10.6. The lowest BCUT2D eigenvalue weighted by atomic mass is 10.1. The molecule has 3 aromatic carbocycles. The van der Waals surface area contributed by atoms with E-state index in [0.29, 0.717) is 21.8 Å². The number of amides is 3. The summed E-state index contributed by atoms with van der Waals surface area (Å²) in [6, 6.07) is 13.9. The SMILES string of the molecule is CCOc1cc(/C=C2\SC(=O)N(Cc3ccc([N+](=O)[O-])cc3)C2=O)cc(Cl)c1OCC(=O)Nc1ccc(C)c(Cl)c1. The maximum atomic E-state index is 13.0. The second kappa shape index (κ2) is 13.1. The quantitative estimate of drug-likeness (QED) is 0.149. The van der Waals surface area contributed by atoms with E-state index in [0.717, 1.165) is 22.2 Å². The van der Waals surface area contributed by atoms with Crippen molar-refractivity contribution in [2.45, 2.75) is 20.4 Å². The summed E-state index contributed by atoms with van der Waals surface area (Å²) in [4.78, 5) is 49.6. The van der Waals surface area contributed by atoms with Gasteiger partial charge in [-0.25, -0.2) is 0 Å². The minimum atomic E-state index is -0.527. The van der Waals surface area contributed by atoms with Crippen molar-refractivity contribution >= 4 is 69.5 Å². The molecule has 0 radical (unpaired) electrons. The van der Waals surface area contributed by atoms with E-state index in [1.54, 1.807) is 31.2 Å². The lowest BCUT2D eigenvalue weighted by molar-refractivity contribution is -0.384. The number of aryl methyl sites for hydroxylation is 1. The van der Waals surface area contributed by atoms with E-state index in [2.05, 4.69) is 5.32 Å². The summed E-state index contributed by atoms with van der Waals surface area (Å²) in [7, 11) is 0. The summed E-state index contributed by atoms with van der Waals surface area (Å²) in [5, 5.41) is 13.7. The lowest BCUT2D eigenvalue weighted by Crippen LogP contribution is -2.27. The van der Waals surface area contributed by atoms with Crippen LogP contribution in [0.3, 0.4) is 0 Å². The zero-order chi connectivity index (χ0) is 29.7. The molecule has 1 N–H and O–H groups in total. The van der Waals surface area contributed by atoms with Crippen molar-refractivity contribution in [1.82, 2.24) is 4.90 Å². The summed E-state index contributed by atoms with van der Waals surface area (Å²) in [6.45, 7) is 3.50. The Morgan fingerprint density at radius 3 is 2.46 bits per heavy atom. The number of non-ortho nitro benzene ring substituents is 1. The summed E-state index contributed by atoms with van der Waals surface area (Å²) in [6.07, 6.45) is 1.51. The highest BCUT2D eigenvalue weighted by molar-refractivity contribution is 8.18. The molecule has 3 amide bonds. The Labute approximate surface area is 249 Å². The maximum absolute atomic E-state index is 13.0. The Morgan fingerprint density at radius 2 is 1.80 bits per heavy atom. The van der Waals surface area contributed by atoms with Crippen LogP contribution in [0, 0.1) is 17.0 Å². The lowest BCUT2D eigenvalue weighted by Gasteiger charge is -2.15. The molecule has 0 bridgehead atoms. The number of imide groups is 1. The van der Waals surface area contributed by atoms with E-state index in [1.165, 1.54) is 36.4 Å². The number of nitro groups is 1. The van der Waals surface area contributed by atoms with Crippen molar-refractivity contribution in [2.75, 3.05) is 18.5 Å². The van der Waals surface area contributed by atoms with Gasteiger partial charge in [0.15, 0.2) is 18.1 Å². The first-order valence-electron chi connectivity index (χ1n) is 12.2. The second-order valence-electron chi connectivity index (χ2n) is 8.76. The average molecular weight is 616 g/mol. The van der Waals surface area contributed by atoms with E-state index < -0.39 is 22.0 Å². The van der Waals surface area contributed by atoms with Gasteiger partial charge in [0.25, 0.3) is 22.7 Å². The first-order valence-corrected chi connectivity index (χ1v) is 13.8. The van der Waals surface area contributed by atoms with Crippen LogP contribution in [0.4, 0.5) is 16.2 Å².